The van der Waals surface area contributed by atoms with E-state index in [-0.39, 0.29) is 11.8 Å². The van der Waals surface area contributed by atoms with E-state index in [4.69, 9.17) is 11.6 Å². The van der Waals surface area contributed by atoms with Gasteiger partial charge >= 0.3 is 0 Å². The van der Waals surface area contributed by atoms with E-state index >= 15 is 0 Å². The fourth-order valence-corrected chi connectivity index (χ4v) is 3.64. The monoisotopic (exact) mass is 447 g/mol. The zero-order valence-corrected chi connectivity index (χ0v) is 18.1. The Morgan fingerprint density at radius 2 is 1.62 bits per heavy atom. The van der Waals surface area contributed by atoms with Crippen molar-refractivity contribution in [2.45, 2.75) is 12.8 Å². The second kappa shape index (κ2) is 9.62. The Hall–Kier alpha value is -3.71. The van der Waals surface area contributed by atoms with Gasteiger partial charge in [0.1, 0.15) is 11.0 Å². The minimum Gasteiger partial charge on any atom is -0.340 e. The maximum Gasteiger partial charge on any atom is 0.253 e. The van der Waals surface area contributed by atoms with Gasteiger partial charge in [0.2, 0.25) is 5.91 Å². The highest BCUT2D eigenvalue weighted by atomic mass is 35.5. The number of nitrogens with zero attached hydrogens (tertiary/aromatic N) is 3. The lowest BCUT2D eigenvalue weighted by atomic mass is 10.2. The summed E-state index contributed by atoms with van der Waals surface area (Å²) >= 11 is 6.22. The Bertz CT molecular complexity index is 1140. The van der Waals surface area contributed by atoms with Gasteiger partial charge < -0.3 is 15.5 Å². The molecule has 0 aliphatic carbocycles. The van der Waals surface area contributed by atoms with Gasteiger partial charge in [-0.2, -0.15) is 0 Å². The number of carbonyl (C=O) groups excluding carboxylic acids is 2. The zero-order chi connectivity index (χ0) is 22.5. The molecule has 8 heteroatoms. The van der Waals surface area contributed by atoms with Crippen molar-refractivity contribution >= 4 is 40.6 Å². The average molecular weight is 448 g/mol. The van der Waals surface area contributed by atoms with E-state index in [2.05, 4.69) is 27.2 Å². The van der Waals surface area contributed by atoms with Crippen LogP contribution < -0.4 is 10.6 Å². The predicted molar refractivity (Wildman–Crippen MR) is 126 cm³/mol. The van der Waals surface area contributed by atoms with Gasteiger partial charge in [-0.25, -0.2) is 9.97 Å². The maximum absolute atomic E-state index is 12.5. The lowest BCUT2D eigenvalue weighted by Gasteiger charge is -2.15. The van der Waals surface area contributed by atoms with E-state index in [1.54, 1.807) is 30.3 Å². The normalized spacial score (nSPS) is 13.0. The van der Waals surface area contributed by atoms with E-state index in [1.165, 1.54) is 6.08 Å². The van der Waals surface area contributed by atoms with Crippen LogP contribution in [0.4, 0.5) is 17.2 Å². The molecule has 1 fully saturated rings. The van der Waals surface area contributed by atoms with Gasteiger partial charge in [-0.15, -0.1) is 0 Å². The van der Waals surface area contributed by atoms with Gasteiger partial charge in [0.05, 0.1) is 0 Å². The molecule has 1 aliphatic rings. The Kier molecular flexibility index (Phi) is 6.47. The fourth-order valence-electron chi connectivity index (χ4n) is 3.45. The number of rotatable bonds is 6. The van der Waals surface area contributed by atoms with Crippen molar-refractivity contribution in [2.24, 2.45) is 0 Å². The van der Waals surface area contributed by atoms with Gasteiger partial charge in [-0.1, -0.05) is 18.2 Å². The van der Waals surface area contributed by atoms with Crippen LogP contribution in [0.2, 0.25) is 5.15 Å². The molecule has 0 unspecified atom stereocenters. The molecule has 2 amide bonds. The highest BCUT2D eigenvalue weighted by Gasteiger charge is 2.19. The first-order valence-corrected chi connectivity index (χ1v) is 10.6. The second-order valence-corrected chi connectivity index (χ2v) is 7.76. The quantitative estimate of drug-likeness (QED) is 0.414. The lowest BCUT2D eigenvalue weighted by molar-refractivity contribution is -0.111. The molecule has 0 saturated carbocycles. The van der Waals surface area contributed by atoms with Crippen molar-refractivity contribution in [2.75, 3.05) is 23.7 Å². The molecule has 0 bridgehead atoms. The number of likely N-dealkylation sites (tertiary alicyclic amines) is 1. The Labute approximate surface area is 191 Å². The van der Waals surface area contributed by atoms with Crippen LogP contribution in [-0.2, 0) is 4.79 Å². The molecule has 2 heterocycles. The molecule has 1 saturated heterocycles. The molecule has 2 N–H and O–H groups in total. The predicted octanol–water partition coefficient (Wildman–Crippen LogP) is 4.90. The topological polar surface area (TPSA) is 87.2 Å². The van der Waals surface area contributed by atoms with Gasteiger partial charge in [0.25, 0.3) is 5.91 Å². The van der Waals surface area contributed by atoms with Crippen molar-refractivity contribution < 1.29 is 9.59 Å². The van der Waals surface area contributed by atoms with Crippen molar-refractivity contribution in [3.8, 4) is 11.4 Å². The van der Waals surface area contributed by atoms with Gasteiger partial charge in [0, 0.05) is 41.7 Å². The molecule has 1 aromatic heterocycles. The van der Waals surface area contributed by atoms with Crippen LogP contribution in [0.15, 0.2) is 67.3 Å². The number of benzene rings is 2. The van der Waals surface area contributed by atoms with Crippen LogP contribution in [0, 0.1) is 0 Å². The van der Waals surface area contributed by atoms with Gasteiger partial charge in [-0.3, -0.25) is 9.59 Å². The molecule has 0 spiro atoms. The van der Waals surface area contributed by atoms with Crippen LogP contribution in [-0.4, -0.2) is 39.8 Å². The highest BCUT2D eigenvalue weighted by Crippen LogP contribution is 2.24. The number of hydrogen-bond donors (Lipinski definition) is 2. The molecule has 32 heavy (non-hydrogen) atoms. The lowest BCUT2D eigenvalue weighted by Crippen LogP contribution is -2.27. The van der Waals surface area contributed by atoms with E-state index in [1.807, 2.05) is 29.2 Å². The molecular weight excluding hydrogens is 426 g/mol. The number of anilines is 3. The minimum absolute atomic E-state index is 0.0640. The number of hydrogen-bond acceptors (Lipinski definition) is 5. The minimum atomic E-state index is -0.281. The van der Waals surface area contributed by atoms with Crippen molar-refractivity contribution in [1.82, 2.24) is 14.9 Å². The third-order valence-corrected chi connectivity index (χ3v) is 5.28. The summed E-state index contributed by atoms with van der Waals surface area (Å²) in [4.78, 5) is 34.6. The Morgan fingerprint density at radius 1 is 0.969 bits per heavy atom. The molecule has 1 aliphatic heterocycles. The Balaban J connectivity index is 1.48. The number of carbonyl (C=O) groups is 2. The summed E-state index contributed by atoms with van der Waals surface area (Å²) in [5.74, 6) is 0.760. The summed E-state index contributed by atoms with van der Waals surface area (Å²) in [6.07, 6.45) is 3.34. The van der Waals surface area contributed by atoms with Crippen molar-refractivity contribution in [3.05, 3.63) is 78.0 Å². The zero-order valence-electron chi connectivity index (χ0n) is 17.3. The van der Waals surface area contributed by atoms with Crippen molar-refractivity contribution in [1.29, 1.82) is 0 Å². The van der Waals surface area contributed by atoms with Crippen molar-refractivity contribution in [3.63, 3.8) is 0 Å². The number of aromatic nitrogens is 2. The summed E-state index contributed by atoms with van der Waals surface area (Å²) in [6, 6.07) is 16.0. The van der Waals surface area contributed by atoms with Gasteiger partial charge in [0.15, 0.2) is 5.82 Å². The van der Waals surface area contributed by atoms with Crippen LogP contribution in [0.1, 0.15) is 23.2 Å². The first-order chi connectivity index (χ1) is 15.5. The molecule has 0 radical (unpaired) electrons. The first kappa shape index (κ1) is 21.5. The van der Waals surface area contributed by atoms with Crippen LogP contribution in [0.25, 0.3) is 11.4 Å². The number of halogens is 1. The maximum atomic E-state index is 12.5. The standard InChI is InChI=1S/C24H22ClN5O2/c1-2-22(31)27-19-9-5-16(6-10-19)23-28-20(25)15-21(29-23)26-18-11-7-17(8-12-18)24(32)30-13-3-4-14-30/h2,5-12,15H,1,3-4,13-14H2,(H,27,31)(H,26,28,29). The number of amides is 2. The highest BCUT2D eigenvalue weighted by molar-refractivity contribution is 6.29. The third kappa shape index (κ3) is 5.12. The summed E-state index contributed by atoms with van der Waals surface area (Å²) in [6.45, 7) is 5.08. The second-order valence-electron chi connectivity index (χ2n) is 7.37. The van der Waals surface area contributed by atoms with E-state index < -0.39 is 0 Å². The summed E-state index contributed by atoms with van der Waals surface area (Å²) < 4.78 is 0. The third-order valence-electron chi connectivity index (χ3n) is 5.09. The van der Waals surface area contributed by atoms with Gasteiger partial charge in [-0.05, 0) is 67.4 Å². The fraction of sp³-hybridized carbons (Fsp3) is 0.167. The number of nitrogens with one attached hydrogen (secondary N) is 2. The smallest absolute Gasteiger partial charge is 0.253 e. The SMILES string of the molecule is C=CC(=O)Nc1ccc(-c2nc(Cl)cc(Nc3ccc(C(=O)N4CCCC4)cc3)n2)cc1. The molecule has 2 aromatic carbocycles. The Morgan fingerprint density at radius 3 is 2.28 bits per heavy atom. The van der Waals surface area contributed by atoms with Crippen LogP contribution in [0.5, 0.6) is 0 Å². The van der Waals surface area contributed by atoms with E-state index in [0.717, 1.165) is 37.2 Å². The molecular formula is C24H22ClN5O2. The largest absolute Gasteiger partial charge is 0.340 e. The van der Waals surface area contributed by atoms with Crippen LogP contribution >= 0.6 is 11.6 Å². The summed E-state index contributed by atoms with van der Waals surface area (Å²) in [7, 11) is 0. The first-order valence-electron chi connectivity index (χ1n) is 10.3. The molecule has 0 atom stereocenters. The van der Waals surface area contributed by atoms with E-state index in [0.29, 0.717) is 28.0 Å². The molecule has 4 rings (SSSR count). The molecule has 3 aromatic rings. The average Bonchev–Trinajstić information content (AvgIpc) is 3.34. The molecule has 7 nitrogen and oxygen atoms in total. The summed E-state index contributed by atoms with van der Waals surface area (Å²) in [5.41, 5.74) is 2.84. The summed E-state index contributed by atoms with van der Waals surface area (Å²) in [5, 5.41) is 6.19. The van der Waals surface area contributed by atoms with Crippen LogP contribution in [0.3, 0.4) is 0 Å². The van der Waals surface area contributed by atoms with E-state index in [9.17, 15) is 9.59 Å². The molecule has 162 valence electrons.